The van der Waals surface area contributed by atoms with Crippen molar-refractivity contribution in [3.05, 3.63) is 34.9 Å². The quantitative estimate of drug-likeness (QED) is 0.799. The zero-order chi connectivity index (χ0) is 11.0. The van der Waals surface area contributed by atoms with E-state index in [0.717, 1.165) is 12.0 Å². The van der Waals surface area contributed by atoms with Crippen molar-refractivity contribution < 1.29 is 0 Å². The number of fused-ring (bicyclic) bond motifs is 1. The predicted octanol–water partition coefficient (Wildman–Crippen LogP) is 3.17. The van der Waals surface area contributed by atoms with Crippen LogP contribution in [0.3, 0.4) is 0 Å². The molecule has 1 N–H and O–H groups in total. The van der Waals surface area contributed by atoms with Crippen LogP contribution >= 0.6 is 0 Å². The number of aryl methyl sites for hydroxylation is 2. The van der Waals surface area contributed by atoms with Gasteiger partial charge in [0.25, 0.3) is 0 Å². The fourth-order valence-electron chi connectivity index (χ4n) is 3.35. The molecule has 0 bridgehead atoms. The van der Waals surface area contributed by atoms with Crippen LogP contribution in [0.25, 0.3) is 0 Å². The van der Waals surface area contributed by atoms with Crippen molar-refractivity contribution in [3.63, 3.8) is 0 Å². The maximum Gasteiger partial charge on any atom is 0.00733 e. The molecule has 0 radical (unpaired) electrons. The normalized spacial score (nSPS) is 28.3. The summed E-state index contributed by atoms with van der Waals surface area (Å²) in [6.07, 6.45) is 6.79. The molecule has 0 amide bonds. The second-order valence-corrected chi connectivity index (χ2v) is 5.47. The lowest BCUT2D eigenvalue weighted by Crippen LogP contribution is -2.23. The first kappa shape index (κ1) is 10.3. The molecule has 1 heterocycles. The molecule has 1 aromatic rings. The van der Waals surface area contributed by atoms with Crippen LogP contribution in [0.2, 0.25) is 0 Å². The average molecular weight is 215 g/mol. The second kappa shape index (κ2) is 4.21. The Labute approximate surface area is 98.3 Å². The zero-order valence-electron chi connectivity index (χ0n) is 10.1. The standard InChI is InChI=1S/C15H21N/c1-11-4-5-12-6-7-13(15(12)9-11)10-14-3-2-8-16-14/h4-5,9,13-14,16H,2-3,6-8,10H2,1H3. The summed E-state index contributed by atoms with van der Waals surface area (Å²) in [7, 11) is 0. The monoisotopic (exact) mass is 215 g/mol. The van der Waals surface area contributed by atoms with Gasteiger partial charge in [-0.15, -0.1) is 0 Å². The number of nitrogens with one attached hydrogen (secondary N) is 1. The van der Waals surface area contributed by atoms with Gasteiger partial charge in [0, 0.05) is 6.04 Å². The molecule has 3 rings (SSSR count). The summed E-state index contributed by atoms with van der Waals surface area (Å²) in [5.41, 5.74) is 4.67. The SMILES string of the molecule is Cc1ccc2c(c1)C(CC1CCCN1)CC2. The highest BCUT2D eigenvalue weighted by Crippen LogP contribution is 2.37. The third kappa shape index (κ3) is 1.89. The van der Waals surface area contributed by atoms with Crippen molar-refractivity contribution in [2.24, 2.45) is 0 Å². The molecule has 1 aliphatic carbocycles. The Hall–Kier alpha value is -0.820. The summed E-state index contributed by atoms with van der Waals surface area (Å²) in [5.74, 6) is 0.825. The maximum atomic E-state index is 3.63. The number of hydrogen-bond donors (Lipinski definition) is 1. The zero-order valence-corrected chi connectivity index (χ0v) is 10.1. The Balaban J connectivity index is 1.77. The van der Waals surface area contributed by atoms with E-state index in [-0.39, 0.29) is 0 Å². The van der Waals surface area contributed by atoms with Crippen LogP contribution in [0.4, 0.5) is 0 Å². The smallest absolute Gasteiger partial charge is 0.00733 e. The number of benzene rings is 1. The molecule has 1 aliphatic heterocycles. The lowest BCUT2D eigenvalue weighted by atomic mass is 9.92. The summed E-state index contributed by atoms with van der Waals surface area (Å²) in [4.78, 5) is 0. The van der Waals surface area contributed by atoms with Gasteiger partial charge in [0.1, 0.15) is 0 Å². The van der Waals surface area contributed by atoms with E-state index < -0.39 is 0 Å². The van der Waals surface area contributed by atoms with Crippen LogP contribution in [0.5, 0.6) is 0 Å². The van der Waals surface area contributed by atoms with E-state index in [4.69, 9.17) is 0 Å². The van der Waals surface area contributed by atoms with E-state index in [1.165, 1.54) is 44.2 Å². The first-order valence-electron chi connectivity index (χ1n) is 6.66. The summed E-state index contributed by atoms with van der Waals surface area (Å²) in [5, 5.41) is 3.63. The molecule has 0 spiro atoms. The molecule has 2 unspecified atom stereocenters. The minimum Gasteiger partial charge on any atom is -0.314 e. The first-order chi connectivity index (χ1) is 7.83. The average Bonchev–Trinajstić information content (AvgIpc) is 2.90. The summed E-state index contributed by atoms with van der Waals surface area (Å²) < 4.78 is 0. The second-order valence-electron chi connectivity index (χ2n) is 5.47. The molecule has 0 aromatic heterocycles. The van der Waals surface area contributed by atoms with Gasteiger partial charge in [-0.2, -0.15) is 0 Å². The van der Waals surface area contributed by atoms with Crippen molar-refractivity contribution in [3.8, 4) is 0 Å². The molecule has 1 heteroatoms. The molecule has 2 atom stereocenters. The third-order valence-corrected chi connectivity index (χ3v) is 4.23. The van der Waals surface area contributed by atoms with Crippen LogP contribution in [-0.2, 0) is 6.42 Å². The minimum atomic E-state index is 0.788. The molecule has 86 valence electrons. The van der Waals surface area contributed by atoms with Crippen LogP contribution in [0, 0.1) is 6.92 Å². The van der Waals surface area contributed by atoms with Crippen molar-refractivity contribution in [1.29, 1.82) is 0 Å². The van der Waals surface area contributed by atoms with E-state index in [0.29, 0.717) is 0 Å². The molecule has 1 fully saturated rings. The van der Waals surface area contributed by atoms with Crippen molar-refractivity contribution in [2.75, 3.05) is 6.54 Å². The van der Waals surface area contributed by atoms with E-state index in [1.807, 2.05) is 0 Å². The maximum absolute atomic E-state index is 3.63. The molecule has 1 aromatic carbocycles. The fourth-order valence-corrected chi connectivity index (χ4v) is 3.35. The first-order valence-corrected chi connectivity index (χ1v) is 6.66. The van der Waals surface area contributed by atoms with E-state index in [9.17, 15) is 0 Å². The molecule has 16 heavy (non-hydrogen) atoms. The fraction of sp³-hybridized carbons (Fsp3) is 0.600. The largest absolute Gasteiger partial charge is 0.314 e. The van der Waals surface area contributed by atoms with Crippen LogP contribution < -0.4 is 5.32 Å². The Morgan fingerprint density at radius 2 is 2.25 bits per heavy atom. The summed E-state index contributed by atoms with van der Waals surface area (Å²) >= 11 is 0. The number of rotatable bonds is 2. The van der Waals surface area contributed by atoms with Crippen LogP contribution in [-0.4, -0.2) is 12.6 Å². The van der Waals surface area contributed by atoms with E-state index in [2.05, 4.69) is 30.4 Å². The van der Waals surface area contributed by atoms with Gasteiger partial charge >= 0.3 is 0 Å². The minimum absolute atomic E-state index is 0.788. The molecule has 0 saturated carbocycles. The van der Waals surface area contributed by atoms with Crippen LogP contribution in [0.1, 0.15) is 48.3 Å². The Bertz CT molecular complexity index is 377. The Morgan fingerprint density at radius 3 is 3.06 bits per heavy atom. The van der Waals surface area contributed by atoms with Crippen molar-refractivity contribution in [2.45, 2.75) is 51.0 Å². The van der Waals surface area contributed by atoms with Gasteiger partial charge in [-0.25, -0.2) is 0 Å². The topological polar surface area (TPSA) is 12.0 Å². The molecule has 2 aliphatic rings. The van der Waals surface area contributed by atoms with Gasteiger partial charge < -0.3 is 5.32 Å². The molecular formula is C15H21N. The molecule has 1 nitrogen and oxygen atoms in total. The van der Waals surface area contributed by atoms with Gasteiger partial charge in [-0.05, 0) is 62.6 Å². The van der Waals surface area contributed by atoms with Gasteiger partial charge in [-0.1, -0.05) is 23.8 Å². The summed E-state index contributed by atoms with van der Waals surface area (Å²) in [6.45, 7) is 3.45. The van der Waals surface area contributed by atoms with E-state index in [1.54, 1.807) is 11.1 Å². The van der Waals surface area contributed by atoms with E-state index >= 15 is 0 Å². The Morgan fingerprint density at radius 1 is 1.31 bits per heavy atom. The lowest BCUT2D eigenvalue weighted by molar-refractivity contribution is 0.488. The third-order valence-electron chi connectivity index (χ3n) is 4.23. The van der Waals surface area contributed by atoms with Crippen molar-refractivity contribution in [1.82, 2.24) is 5.32 Å². The lowest BCUT2D eigenvalue weighted by Gasteiger charge is -2.17. The van der Waals surface area contributed by atoms with Crippen LogP contribution in [0.15, 0.2) is 18.2 Å². The summed E-state index contributed by atoms with van der Waals surface area (Å²) in [6, 6.07) is 7.81. The van der Waals surface area contributed by atoms with Gasteiger partial charge in [0.15, 0.2) is 0 Å². The van der Waals surface area contributed by atoms with Gasteiger partial charge in [0.05, 0.1) is 0 Å². The van der Waals surface area contributed by atoms with Gasteiger partial charge in [-0.3, -0.25) is 0 Å². The highest BCUT2D eigenvalue weighted by atomic mass is 14.9. The molecule has 1 saturated heterocycles. The highest BCUT2D eigenvalue weighted by molar-refractivity contribution is 5.38. The Kier molecular flexibility index (Phi) is 2.72. The number of hydrogen-bond acceptors (Lipinski definition) is 1. The predicted molar refractivity (Wildman–Crippen MR) is 67.9 cm³/mol. The van der Waals surface area contributed by atoms with Crippen molar-refractivity contribution >= 4 is 0 Å². The molecular weight excluding hydrogens is 194 g/mol. The highest BCUT2D eigenvalue weighted by Gasteiger charge is 2.26. The van der Waals surface area contributed by atoms with Gasteiger partial charge in [0.2, 0.25) is 0 Å².